The molecule has 0 saturated carbocycles. The Morgan fingerprint density at radius 3 is 2.54 bits per heavy atom. The van der Waals surface area contributed by atoms with Crippen LogP contribution in [0, 0.1) is 0 Å². The van der Waals surface area contributed by atoms with Crippen LogP contribution in [0.15, 0.2) is 48.8 Å². The van der Waals surface area contributed by atoms with Crippen molar-refractivity contribution in [1.82, 2.24) is 19.9 Å². The highest BCUT2D eigenvalue weighted by molar-refractivity contribution is 6.31. The molecular weight excluding hydrogens is 566 g/mol. The van der Waals surface area contributed by atoms with Crippen molar-refractivity contribution >= 4 is 51.4 Å². The number of aromatic nitrogens is 3. The van der Waals surface area contributed by atoms with E-state index in [0.717, 1.165) is 0 Å². The molecule has 1 atom stereocenters. The molecule has 0 radical (unpaired) electrons. The molecule has 0 saturated heterocycles. The van der Waals surface area contributed by atoms with Gasteiger partial charge in [0.15, 0.2) is 0 Å². The molecule has 2 heterocycles. The van der Waals surface area contributed by atoms with Crippen molar-refractivity contribution in [2.24, 2.45) is 0 Å². The standard InChI is InChI=1S/C27H28ClF4N7O2/c1-38(2)9-10-39(3)21-12-22(41-4)20(11-19(21)35-25(40)24(28)29)36-26-34-14-17(27(30,31)32)23(37-26)16-13-33-18-8-6-5-7-15(16)18/h5-8,11-14,24,33H,9-10H2,1-4H3,(H,35,40)(H,34,36,37). The number of methoxy groups -OCH3 is 1. The minimum Gasteiger partial charge on any atom is -0.494 e. The number of para-hydroxylation sites is 1. The number of nitrogens with zero attached hydrogens (tertiary/aromatic N) is 4. The number of aromatic amines is 1. The smallest absolute Gasteiger partial charge is 0.419 e. The van der Waals surface area contributed by atoms with Crippen LogP contribution >= 0.6 is 11.6 Å². The van der Waals surface area contributed by atoms with E-state index in [9.17, 15) is 22.4 Å². The van der Waals surface area contributed by atoms with Crippen molar-refractivity contribution in [3.05, 3.63) is 54.4 Å². The van der Waals surface area contributed by atoms with Crippen LogP contribution in [-0.2, 0) is 11.0 Å². The van der Waals surface area contributed by atoms with Gasteiger partial charge in [-0.15, -0.1) is 0 Å². The Morgan fingerprint density at radius 2 is 1.88 bits per heavy atom. The predicted molar refractivity (Wildman–Crippen MR) is 152 cm³/mol. The van der Waals surface area contributed by atoms with E-state index in [4.69, 9.17) is 16.3 Å². The second-order valence-corrected chi connectivity index (χ2v) is 9.79. The molecule has 0 aliphatic heterocycles. The largest absolute Gasteiger partial charge is 0.494 e. The van der Waals surface area contributed by atoms with Crippen LogP contribution in [0.4, 0.5) is 40.6 Å². The number of rotatable bonds is 10. The van der Waals surface area contributed by atoms with Gasteiger partial charge < -0.3 is 30.2 Å². The first-order valence-corrected chi connectivity index (χ1v) is 12.8. The van der Waals surface area contributed by atoms with Crippen molar-refractivity contribution in [3.8, 4) is 17.0 Å². The lowest BCUT2D eigenvalue weighted by Crippen LogP contribution is -2.30. The maximum atomic E-state index is 14.0. The zero-order valence-corrected chi connectivity index (χ0v) is 23.4. The van der Waals surface area contributed by atoms with Crippen LogP contribution in [0.2, 0.25) is 0 Å². The van der Waals surface area contributed by atoms with Gasteiger partial charge in [0.05, 0.1) is 29.9 Å². The third kappa shape index (κ3) is 6.80. The number of amides is 1. The number of anilines is 4. The summed E-state index contributed by atoms with van der Waals surface area (Å²) in [5, 5.41) is 5.88. The van der Waals surface area contributed by atoms with Crippen LogP contribution < -0.4 is 20.3 Å². The molecule has 41 heavy (non-hydrogen) atoms. The number of nitrogens with one attached hydrogen (secondary N) is 3. The quantitative estimate of drug-likeness (QED) is 0.156. The monoisotopic (exact) mass is 593 g/mol. The Morgan fingerprint density at radius 1 is 1.15 bits per heavy atom. The molecule has 2 aromatic carbocycles. The van der Waals surface area contributed by atoms with Crippen molar-refractivity contribution in [2.75, 3.05) is 56.9 Å². The number of ether oxygens (including phenoxy) is 1. The number of benzene rings is 2. The number of fused-ring (bicyclic) bond motifs is 1. The maximum Gasteiger partial charge on any atom is 0.419 e. The first-order valence-electron chi connectivity index (χ1n) is 12.3. The molecule has 2 aromatic heterocycles. The summed E-state index contributed by atoms with van der Waals surface area (Å²) in [6.45, 7) is 1.21. The molecule has 1 unspecified atom stereocenters. The molecule has 0 fully saturated rings. The fourth-order valence-corrected chi connectivity index (χ4v) is 4.21. The zero-order chi connectivity index (χ0) is 29.9. The zero-order valence-electron chi connectivity index (χ0n) is 22.6. The fraction of sp³-hybridized carbons (Fsp3) is 0.296. The number of carbonyl (C=O) groups is 1. The lowest BCUT2D eigenvalue weighted by molar-refractivity contribution is -0.137. The minimum atomic E-state index is -4.72. The molecule has 4 aromatic rings. The van der Waals surface area contributed by atoms with E-state index in [-0.39, 0.29) is 34.3 Å². The van der Waals surface area contributed by atoms with Crippen LogP contribution in [-0.4, -0.2) is 72.7 Å². The average Bonchev–Trinajstić information content (AvgIpc) is 3.35. The summed E-state index contributed by atoms with van der Waals surface area (Å²) in [5.41, 5.74) is -1.87. The van der Waals surface area contributed by atoms with Gasteiger partial charge in [-0.2, -0.15) is 13.2 Å². The van der Waals surface area contributed by atoms with Crippen LogP contribution in [0.3, 0.4) is 0 Å². The molecule has 3 N–H and O–H groups in total. The van der Waals surface area contributed by atoms with Crippen molar-refractivity contribution in [2.45, 2.75) is 11.8 Å². The molecule has 0 aliphatic carbocycles. The van der Waals surface area contributed by atoms with Gasteiger partial charge in [-0.1, -0.05) is 29.8 Å². The summed E-state index contributed by atoms with van der Waals surface area (Å²) in [7, 11) is 6.99. The SMILES string of the molecule is COc1cc(N(C)CCN(C)C)c(NC(=O)C(F)Cl)cc1Nc1ncc(C(F)(F)F)c(-c2c[nH]c3ccccc23)n1. The van der Waals surface area contributed by atoms with E-state index in [1.165, 1.54) is 19.4 Å². The highest BCUT2D eigenvalue weighted by Gasteiger charge is 2.36. The van der Waals surface area contributed by atoms with E-state index in [1.807, 2.05) is 23.9 Å². The normalized spacial score (nSPS) is 12.4. The summed E-state index contributed by atoms with van der Waals surface area (Å²) < 4.78 is 61.0. The molecule has 0 aliphatic rings. The maximum absolute atomic E-state index is 14.0. The van der Waals surface area contributed by atoms with Crippen LogP contribution in [0.1, 0.15) is 5.56 Å². The van der Waals surface area contributed by atoms with Gasteiger partial charge in [0.1, 0.15) is 11.3 Å². The number of alkyl halides is 5. The summed E-state index contributed by atoms with van der Waals surface area (Å²) in [4.78, 5) is 27.0. The van der Waals surface area contributed by atoms with Gasteiger partial charge in [-0.3, -0.25) is 4.79 Å². The third-order valence-corrected chi connectivity index (χ3v) is 6.45. The van der Waals surface area contributed by atoms with Crippen molar-refractivity contribution in [3.63, 3.8) is 0 Å². The number of hydrogen-bond acceptors (Lipinski definition) is 7. The summed E-state index contributed by atoms with van der Waals surface area (Å²) in [6.07, 6.45) is -2.56. The topological polar surface area (TPSA) is 98.4 Å². The average molecular weight is 594 g/mol. The highest BCUT2D eigenvalue weighted by Crippen LogP contribution is 2.41. The second-order valence-electron chi connectivity index (χ2n) is 9.41. The second kappa shape index (κ2) is 12.2. The number of likely N-dealkylation sites (N-methyl/N-ethyl adjacent to an activating group) is 2. The molecule has 0 bridgehead atoms. The molecule has 218 valence electrons. The first kappa shape index (κ1) is 29.9. The molecule has 1 amide bonds. The van der Waals surface area contributed by atoms with Crippen LogP contribution in [0.25, 0.3) is 22.2 Å². The van der Waals surface area contributed by atoms with Crippen LogP contribution in [0.5, 0.6) is 5.75 Å². The molecule has 4 rings (SSSR count). The summed E-state index contributed by atoms with van der Waals surface area (Å²) in [6, 6.07) is 9.96. The minimum absolute atomic E-state index is 0.164. The Hall–Kier alpha value is -4.10. The molecule has 0 spiro atoms. The number of hydrogen-bond donors (Lipinski definition) is 3. The van der Waals surface area contributed by atoms with Gasteiger partial charge in [-0.05, 0) is 26.2 Å². The highest BCUT2D eigenvalue weighted by atomic mass is 35.5. The van der Waals surface area contributed by atoms with E-state index >= 15 is 0 Å². The Labute approximate surface area is 238 Å². The first-order chi connectivity index (χ1) is 19.4. The predicted octanol–water partition coefficient (Wildman–Crippen LogP) is 5.87. The number of H-pyrrole nitrogens is 1. The Balaban J connectivity index is 1.79. The fourth-order valence-electron chi connectivity index (χ4n) is 4.15. The molecular formula is C27H28ClF4N7O2. The number of halogens is 5. The summed E-state index contributed by atoms with van der Waals surface area (Å²) in [5.74, 6) is -0.977. The van der Waals surface area contributed by atoms with E-state index in [2.05, 4.69) is 25.6 Å². The molecule has 9 nitrogen and oxygen atoms in total. The summed E-state index contributed by atoms with van der Waals surface area (Å²) >= 11 is 5.35. The molecule has 14 heteroatoms. The lowest BCUT2D eigenvalue weighted by Gasteiger charge is -2.26. The third-order valence-electron chi connectivity index (χ3n) is 6.25. The lowest BCUT2D eigenvalue weighted by atomic mass is 10.1. The number of carbonyl (C=O) groups excluding carboxylic acids is 1. The van der Waals surface area contributed by atoms with E-state index < -0.39 is 23.3 Å². The van der Waals surface area contributed by atoms with E-state index in [1.54, 1.807) is 37.4 Å². The van der Waals surface area contributed by atoms with Gasteiger partial charge >= 0.3 is 6.18 Å². The van der Waals surface area contributed by atoms with Gasteiger partial charge in [0, 0.05) is 55.1 Å². The van der Waals surface area contributed by atoms with Gasteiger partial charge in [-0.25, -0.2) is 14.4 Å². The van der Waals surface area contributed by atoms with E-state index in [0.29, 0.717) is 35.9 Å². The van der Waals surface area contributed by atoms with Gasteiger partial charge in [0.2, 0.25) is 5.95 Å². The van der Waals surface area contributed by atoms with Gasteiger partial charge in [0.25, 0.3) is 11.5 Å². The van der Waals surface area contributed by atoms with Crippen molar-refractivity contribution in [1.29, 1.82) is 0 Å². The Kier molecular flexibility index (Phi) is 8.88. The van der Waals surface area contributed by atoms with Crippen molar-refractivity contribution < 1.29 is 27.1 Å². The Bertz CT molecular complexity index is 1540.